The van der Waals surface area contributed by atoms with Crippen molar-refractivity contribution in [3.8, 4) is 0 Å². The van der Waals surface area contributed by atoms with E-state index in [0.29, 0.717) is 0 Å². The molecule has 2 rings (SSSR count). The Kier molecular flexibility index (Phi) is 4.37. The van der Waals surface area contributed by atoms with Gasteiger partial charge in [-0.25, -0.2) is 0 Å². The molecule has 1 aliphatic carbocycles. The number of hydrogen-bond acceptors (Lipinski definition) is 1. The minimum atomic E-state index is 0.191. The standard InChI is InChI=1S/C15H19NO/c17-15(14-9-5-2-6-10-14)16-12-11-13-7-3-1-4-8-13/h1-5,7-8,14H,6,9-12H2,(H,16,17)/t14-/m0/s1. The van der Waals surface area contributed by atoms with E-state index < -0.39 is 0 Å². The molecule has 1 atom stereocenters. The first-order chi connectivity index (χ1) is 8.36. The molecule has 90 valence electrons. The maximum absolute atomic E-state index is 11.8. The number of benzene rings is 1. The van der Waals surface area contributed by atoms with Crippen molar-refractivity contribution in [2.45, 2.75) is 25.7 Å². The molecule has 0 unspecified atom stereocenters. The van der Waals surface area contributed by atoms with E-state index in [4.69, 9.17) is 0 Å². The SMILES string of the molecule is O=C(NCCc1ccccc1)[C@H]1CC=CCC1. The maximum Gasteiger partial charge on any atom is 0.223 e. The van der Waals surface area contributed by atoms with Crippen LogP contribution in [0.15, 0.2) is 42.5 Å². The first-order valence-corrected chi connectivity index (χ1v) is 6.33. The van der Waals surface area contributed by atoms with Crippen molar-refractivity contribution < 1.29 is 4.79 Å². The van der Waals surface area contributed by atoms with Crippen molar-refractivity contribution in [2.75, 3.05) is 6.54 Å². The first-order valence-electron chi connectivity index (χ1n) is 6.33. The van der Waals surface area contributed by atoms with Crippen molar-refractivity contribution >= 4 is 5.91 Å². The molecule has 1 amide bonds. The van der Waals surface area contributed by atoms with E-state index in [9.17, 15) is 4.79 Å². The molecule has 2 heteroatoms. The van der Waals surface area contributed by atoms with Crippen LogP contribution in [0.4, 0.5) is 0 Å². The number of carbonyl (C=O) groups excluding carboxylic acids is 1. The summed E-state index contributed by atoms with van der Waals surface area (Å²) in [5, 5.41) is 3.03. The van der Waals surface area contributed by atoms with E-state index in [0.717, 1.165) is 32.2 Å². The van der Waals surface area contributed by atoms with Gasteiger partial charge in [0.25, 0.3) is 0 Å². The largest absolute Gasteiger partial charge is 0.356 e. The molecule has 2 nitrogen and oxygen atoms in total. The van der Waals surface area contributed by atoms with Gasteiger partial charge in [0, 0.05) is 12.5 Å². The summed E-state index contributed by atoms with van der Waals surface area (Å²) in [7, 11) is 0. The highest BCUT2D eigenvalue weighted by Gasteiger charge is 2.17. The smallest absolute Gasteiger partial charge is 0.223 e. The van der Waals surface area contributed by atoms with Crippen LogP contribution in [0.25, 0.3) is 0 Å². The fourth-order valence-corrected chi connectivity index (χ4v) is 2.15. The molecule has 1 aromatic rings. The van der Waals surface area contributed by atoms with Crippen molar-refractivity contribution in [1.82, 2.24) is 5.32 Å². The maximum atomic E-state index is 11.8. The Hall–Kier alpha value is -1.57. The Labute approximate surface area is 103 Å². The lowest BCUT2D eigenvalue weighted by Gasteiger charge is -2.17. The Morgan fingerprint density at radius 1 is 1.24 bits per heavy atom. The molecule has 0 radical (unpaired) electrons. The summed E-state index contributed by atoms with van der Waals surface area (Å²) in [6, 6.07) is 10.3. The lowest BCUT2D eigenvalue weighted by Crippen LogP contribution is -2.32. The highest BCUT2D eigenvalue weighted by molar-refractivity contribution is 5.78. The molecule has 0 aliphatic heterocycles. The second kappa shape index (κ2) is 6.24. The molecule has 1 aliphatic rings. The quantitative estimate of drug-likeness (QED) is 0.790. The number of carbonyl (C=O) groups is 1. The van der Waals surface area contributed by atoms with Gasteiger partial charge in [0.15, 0.2) is 0 Å². The number of allylic oxidation sites excluding steroid dienone is 2. The van der Waals surface area contributed by atoms with Crippen LogP contribution in [0.5, 0.6) is 0 Å². The van der Waals surface area contributed by atoms with Crippen LogP contribution in [0.3, 0.4) is 0 Å². The monoisotopic (exact) mass is 229 g/mol. The Balaban J connectivity index is 1.71. The summed E-state index contributed by atoms with van der Waals surface area (Å²) in [6.07, 6.45) is 8.12. The fourth-order valence-electron chi connectivity index (χ4n) is 2.15. The van der Waals surface area contributed by atoms with Crippen LogP contribution < -0.4 is 5.32 Å². The van der Waals surface area contributed by atoms with Gasteiger partial charge in [0.1, 0.15) is 0 Å². The average Bonchev–Trinajstić information content (AvgIpc) is 2.41. The topological polar surface area (TPSA) is 29.1 Å². The second-order valence-electron chi connectivity index (χ2n) is 4.51. The summed E-state index contributed by atoms with van der Waals surface area (Å²) in [5.41, 5.74) is 1.27. The van der Waals surface area contributed by atoms with Gasteiger partial charge < -0.3 is 5.32 Å². The van der Waals surface area contributed by atoms with E-state index in [1.807, 2.05) is 18.2 Å². The third-order valence-corrected chi connectivity index (χ3v) is 3.20. The third kappa shape index (κ3) is 3.74. The molecule has 0 saturated heterocycles. The number of amides is 1. The molecule has 0 saturated carbocycles. The van der Waals surface area contributed by atoms with Gasteiger partial charge in [-0.15, -0.1) is 0 Å². The average molecular weight is 229 g/mol. The number of rotatable bonds is 4. The van der Waals surface area contributed by atoms with Crippen molar-refractivity contribution in [2.24, 2.45) is 5.92 Å². The zero-order valence-corrected chi connectivity index (χ0v) is 10.1. The molecule has 17 heavy (non-hydrogen) atoms. The van der Waals surface area contributed by atoms with Crippen molar-refractivity contribution in [3.63, 3.8) is 0 Å². The van der Waals surface area contributed by atoms with E-state index in [1.165, 1.54) is 5.56 Å². The Morgan fingerprint density at radius 3 is 2.76 bits per heavy atom. The second-order valence-corrected chi connectivity index (χ2v) is 4.51. The Morgan fingerprint density at radius 2 is 2.06 bits per heavy atom. The van der Waals surface area contributed by atoms with Crippen LogP contribution in [-0.2, 0) is 11.2 Å². The molecule has 0 aromatic heterocycles. The number of nitrogens with one attached hydrogen (secondary N) is 1. The van der Waals surface area contributed by atoms with Gasteiger partial charge in [-0.05, 0) is 31.2 Å². The highest BCUT2D eigenvalue weighted by atomic mass is 16.1. The van der Waals surface area contributed by atoms with E-state index in [2.05, 4.69) is 29.6 Å². The zero-order valence-electron chi connectivity index (χ0n) is 10.1. The molecule has 1 aromatic carbocycles. The van der Waals surface area contributed by atoms with Gasteiger partial charge in [0.05, 0.1) is 0 Å². The highest BCUT2D eigenvalue weighted by Crippen LogP contribution is 2.17. The lowest BCUT2D eigenvalue weighted by atomic mass is 9.93. The summed E-state index contributed by atoms with van der Waals surface area (Å²) >= 11 is 0. The first kappa shape index (κ1) is 11.9. The molecular formula is C15H19NO. The molecule has 1 N–H and O–H groups in total. The molecule has 0 spiro atoms. The zero-order chi connectivity index (χ0) is 11.9. The van der Waals surface area contributed by atoms with Gasteiger partial charge >= 0.3 is 0 Å². The minimum absolute atomic E-state index is 0.191. The predicted molar refractivity (Wildman–Crippen MR) is 69.6 cm³/mol. The molecular weight excluding hydrogens is 210 g/mol. The van der Waals surface area contributed by atoms with Gasteiger partial charge in [0.2, 0.25) is 5.91 Å². The van der Waals surface area contributed by atoms with Gasteiger partial charge in [-0.2, -0.15) is 0 Å². The van der Waals surface area contributed by atoms with Crippen LogP contribution in [0.2, 0.25) is 0 Å². The minimum Gasteiger partial charge on any atom is -0.356 e. The summed E-state index contributed by atoms with van der Waals surface area (Å²) in [6.45, 7) is 0.739. The third-order valence-electron chi connectivity index (χ3n) is 3.20. The fraction of sp³-hybridized carbons (Fsp3) is 0.400. The van der Waals surface area contributed by atoms with Crippen molar-refractivity contribution in [3.05, 3.63) is 48.0 Å². The van der Waals surface area contributed by atoms with Crippen LogP contribution in [0.1, 0.15) is 24.8 Å². The van der Waals surface area contributed by atoms with Crippen LogP contribution >= 0.6 is 0 Å². The van der Waals surface area contributed by atoms with Crippen molar-refractivity contribution in [1.29, 1.82) is 0 Å². The van der Waals surface area contributed by atoms with Gasteiger partial charge in [-0.1, -0.05) is 42.5 Å². The van der Waals surface area contributed by atoms with Crippen LogP contribution in [-0.4, -0.2) is 12.5 Å². The van der Waals surface area contributed by atoms with E-state index in [1.54, 1.807) is 0 Å². The van der Waals surface area contributed by atoms with Gasteiger partial charge in [-0.3, -0.25) is 4.79 Å². The summed E-state index contributed by atoms with van der Waals surface area (Å²) < 4.78 is 0. The Bertz CT molecular complexity index is 383. The molecule has 0 heterocycles. The number of hydrogen-bond donors (Lipinski definition) is 1. The predicted octanol–water partition coefficient (Wildman–Crippen LogP) is 2.70. The summed E-state index contributed by atoms with van der Waals surface area (Å²) in [5.74, 6) is 0.404. The molecule has 0 fully saturated rings. The lowest BCUT2D eigenvalue weighted by molar-refractivity contribution is -0.125. The molecule has 0 bridgehead atoms. The normalized spacial score (nSPS) is 18.9. The van der Waals surface area contributed by atoms with E-state index in [-0.39, 0.29) is 11.8 Å². The van der Waals surface area contributed by atoms with E-state index >= 15 is 0 Å². The summed E-state index contributed by atoms with van der Waals surface area (Å²) in [4.78, 5) is 11.8. The van der Waals surface area contributed by atoms with Crippen LogP contribution in [0, 0.1) is 5.92 Å².